The number of anilines is 1. The maximum Gasteiger partial charge on any atom is 0.266 e. The zero-order chi connectivity index (χ0) is 16.5. The van der Waals surface area contributed by atoms with Crippen LogP contribution in [-0.4, -0.2) is 29.3 Å². The van der Waals surface area contributed by atoms with Crippen LogP contribution in [0.25, 0.3) is 0 Å². The molecular formula is C19H25N3O2. The molecule has 1 aliphatic carbocycles. The van der Waals surface area contributed by atoms with Crippen LogP contribution < -0.4 is 4.90 Å². The van der Waals surface area contributed by atoms with Crippen molar-refractivity contribution in [1.82, 2.24) is 10.1 Å². The summed E-state index contributed by atoms with van der Waals surface area (Å²) in [7, 11) is 0. The van der Waals surface area contributed by atoms with Gasteiger partial charge in [-0.15, -0.1) is 0 Å². The van der Waals surface area contributed by atoms with Gasteiger partial charge in [0.1, 0.15) is 6.10 Å². The molecule has 1 aromatic carbocycles. The molecule has 5 heteroatoms. The number of morpholine rings is 1. The van der Waals surface area contributed by atoms with Crippen molar-refractivity contribution in [3.8, 4) is 0 Å². The maximum atomic E-state index is 6.34. The lowest BCUT2D eigenvalue weighted by Crippen LogP contribution is -2.46. The van der Waals surface area contributed by atoms with Gasteiger partial charge >= 0.3 is 0 Å². The molecule has 1 aromatic heterocycles. The normalized spacial score (nSPS) is 25.0. The third-order valence-electron chi connectivity index (χ3n) is 5.21. The summed E-state index contributed by atoms with van der Waals surface area (Å²) in [5, 5.41) is 4.25. The molecule has 0 amide bonds. The Balaban J connectivity index is 1.56. The van der Waals surface area contributed by atoms with Crippen LogP contribution in [-0.2, 0) is 4.74 Å². The first-order valence-electron chi connectivity index (χ1n) is 8.99. The van der Waals surface area contributed by atoms with Crippen molar-refractivity contribution in [3.63, 3.8) is 0 Å². The minimum Gasteiger partial charge on any atom is -0.366 e. The lowest BCUT2D eigenvalue weighted by Gasteiger charge is -2.39. The Morgan fingerprint density at radius 3 is 2.58 bits per heavy atom. The predicted molar refractivity (Wildman–Crippen MR) is 92.0 cm³/mol. The summed E-state index contributed by atoms with van der Waals surface area (Å²) >= 11 is 0. The van der Waals surface area contributed by atoms with Crippen molar-refractivity contribution in [2.75, 3.05) is 18.0 Å². The number of hydrogen-bond acceptors (Lipinski definition) is 5. The molecular weight excluding hydrogens is 302 g/mol. The van der Waals surface area contributed by atoms with E-state index < -0.39 is 0 Å². The topological polar surface area (TPSA) is 51.4 Å². The summed E-state index contributed by atoms with van der Waals surface area (Å²) in [6.45, 7) is 5.97. The van der Waals surface area contributed by atoms with Gasteiger partial charge in [-0.05, 0) is 29.5 Å². The molecule has 2 fully saturated rings. The minimum atomic E-state index is 0.0398. The van der Waals surface area contributed by atoms with Gasteiger partial charge in [0.2, 0.25) is 5.89 Å². The van der Waals surface area contributed by atoms with Crippen LogP contribution in [0, 0.1) is 5.92 Å². The number of benzene rings is 1. The maximum absolute atomic E-state index is 6.34. The number of hydrogen-bond donors (Lipinski definition) is 0. The molecule has 1 saturated heterocycles. The lowest BCUT2D eigenvalue weighted by atomic mass is 9.85. The van der Waals surface area contributed by atoms with Gasteiger partial charge in [-0.3, -0.25) is 0 Å². The Labute approximate surface area is 143 Å². The van der Waals surface area contributed by atoms with E-state index >= 15 is 0 Å². The van der Waals surface area contributed by atoms with Crippen LogP contribution in [0.5, 0.6) is 0 Å². The van der Waals surface area contributed by atoms with E-state index in [1.165, 1.54) is 24.8 Å². The average Bonchev–Trinajstić information content (AvgIpc) is 3.03. The van der Waals surface area contributed by atoms with E-state index in [1.54, 1.807) is 0 Å². The smallest absolute Gasteiger partial charge is 0.266 e. The van der Waals surface area contributed by atoms with Crippen molar-refractivity contribution in [3.05, 3.63) is 41.8 Å². The highest BCUT2D eigenvalue weighted by atomic mass is 16.5. The number of aromatic nitrogens is 2. The van der Waals surface area contributed by atoms with Crippen LogP contribution in [0.4, 0.5) is 5.95 Å². The van der Waals surface area contributed by atoms with Gasteiger partial charge < -0.3 is 14.2 Å². The lowest BCUT2D eigenvalue weighted by molar-refractivity contribution is -0.0503. The summed E-state index contributed by atoms with van der Waals surface area (Å²) in [6, 6.07) is 10.4. The number of rotatable bonds is 4. The van der Waals surface area contributed by atoms with Gasteiger partial charge in [-0.1, -0.05) is 50.6 Å². The van der Waals surface area contributed by atoms with Crippen molar-refractivity contribution in [2.45, 2.75) is 51.2 Å². The summed E-state index contributed by atoms with van der Waals surface area (Å²) in [4.78, 5) is 6.89. The largest absolute Gasteiger partial charge is 0.366 e. The third-order valence-corrected chi connectivity index (χ3v) is 5.21. The highest BCUT2D eigenvalue weighted by Gasteiger charge is 2.33. The first-order chi connectivity index (χ1) is 11.7. The van der Waals surface area contributed by atoms with E-state index in [-0.39, 0.29) is 12.2 Å². The molecule has 1 aliphatic heterocycles. The summed E-state index contributed by atoms with van der Waals surface area (Å²) in [5.41, 5.74) is 1.20. The molecule has 0 spiro atoms. The molecule has 2 aliphatic rings. The van der Waals surface area contributed by atoms with Crippen molar-refractivity contribution < 1.29 is 9.26 Å². The van der Waals surface area contributed by atoms with Crippen LogP contribution >= 0.6 is 0 Å². The van der Waals surface area contributed by atoms with Gasteiger partial charge in [-0.2, -0.15) is 4.98 Å². The Hall–Kier alpha value is -1.88. The molecule has 2 atom stereocenters. The van der Waals surface area contributed by atoms with Crippen molar-refractivity contribution in [1.29, 1.82) is 0 Å². The number of ether oxygens (including phenoxy) is 1. The molecule has 0 unspecified atom stereocenters. The quantitative estimate of drug-likeness (QED) is 0.851. The van der Waals surface area contributed by atoms with Gasteiger partial charge in [0, 0.05) is 12.5 Å². The second-order valence-corrected chi connectivity index (χ2v) is 7.28. The zero-order valence-corrected chi connectivity index (χ0v) is 14.4. The Morgan fingerprint density at radius 2 is 1.92 bits per heavy atom. The molecule has 128 valence electrons. The molecule has 2 aromatic rings. The molecule has 0 bridgehead atoms. The van der Waals surface area contributed by atoms with Gasteiger partial charge in [0.15, 0.2) is 0 Å². The summed E-state index contributed by atoms with van der Waals surface area (Å²) in [6.07, 6.45) is 3.82. The molecule has 0 N–H and O–H groups in total. The second-order valence-electron chi connectivity index (χ2n) is 7.28. The molecule has 1 saturated carbocycles. The Kier molecular flexibility index (Phi) is 4.27. The summed E-state index contributed by atoms with van der Waals surface area (Å²) in [5.74, 6) is 2.43. The molecule has 0 radical (unpaired) electrons. The third kappa shape index (κ3) is 3.05. The molecule has 2 heterocycles. The molecule has 24 heavy (non-hydrogen) atoms. The highest BCUT2D eigenvalue weighted by molar-refractivity contribution is 5.32. The van der Waals surface area contributed by atoms with E-state index in [4.69, 9.17) is 9.26 Å². The monoisotopic (exact) mass is 327 g/mol. The fourth-order valence-corrected chi connectivity index (χ4v) is 3.35. The van der Waals surface area contributed by atoms with E-state index in [0.717, 1.165) is 19.0 Å². The standard InChI is InChI=1S/C19H25N3O2/c1-13(2)16-11-22(12-17(23-16)14-7-4-3-5-8-14)19-20-18(24-21-19)15-9-6-10-15/h3-5,7-8,13,15-17H,6,9-12H2,1-2H3/t16-,17+/m1/s1. The van der Waals surface area contributed by atoms with Crippen LogP contribution in [0.3, 0.4) is 0 Å². The van der Waals surface area contributed by atoms with Crippen LogP contribution in [0.2, 0.25) is 0 Å². The van der Waals surface area contributed by atoms with E-state index in [9.17, 15) is 0 Å². The second kappa shape index (κ2) is 6.55. The van der Waals surface area contributed by atoms with Crippen LogP contribution in [0.15, 0.2) is 34.9 Å². The predicted octanol–water partition coefficient (Wildman–Crippen LogP) is 3.94. The van der Waals surface area contributed by atoms with Crippen LogP contribution in [0.1, 0.15) is 56.6 Å². The minimum absolute atomic E-state index is 0.0398. The van der Waals surface area contributed by atoms with E-state index in [0.29, 0.717) is 17.8 Å². The fourth-order valence-electron chi connectivity index (χ4n) is 3.35. The first-order valence-corrected chi connectivity index (χ1v) is 8.99. The highest BCUT2D eigenvalue weighted by Crippen LogP contribution is 2.36. The summed E-state index contributed by atoms with van der Waals surface area (Å²) < 4.78 is 11.9. The Bertz CT molecular complexity index is 666. The zero-order valence-electron chi connectivity index (χ0n) is 14.4. The first kappa shape index (κ1) is 15.6. The molecule has 4 rings (SSSR count). The number of nitrogens with zero attached hydrogens (tertiary/aromatic N) is 3. The van der Waals surface area contributed by atoms with E-state index in [1.807, 2.05) is 6.07 Å². The fraction of sp³-hybridized carbons (Fsp3) is 0.579. The van der Waals surface area contributed by atoms with Gasteiger partial charge in [0.25, 0.3) is 5.95 Å². The van der Waals surface area contributed by atoms with E-state index in [2.05, 4.69) is 53.2 Å². The van der Waals surface area contributed by atoms with Crippen molar-refractivity contribution >= 4 is 5.95 Å². The SMILES string of the molecule is CC(C)[C@H]1CN(c2noc(C3CCC3)n2)C[C@@H](c2ccccc2)O1. The van der Waals surface area contributed by atoms with Crippen molar-refractivity contribution in [2.24, 2.45) is 5.92 Å². The van der Waals surface area contributed by atoms with Gasteiger partial charge in [-0.25, -0.2) is 0 Å². The Morgan fingerprint density at radius 1 is 1.12 bits per heavy atom. The molecule has 5 nitrogen and oxygen atoms in total. The van der Waals surface area contributed by atoms with Gasteiger partial charge in [0.05, 0.1) is 12.6 Å². The average molecular weight is 327 g/mol.